The maximum Gasteiger partial charge on any atom is 0.0994 e. The van der Waals surface area contributed by atoms with Gasteiger partial charge in [-0.15, -0.1) is 0 Å². The van der Waals surface area contributed by atoms with Crippen LogP contribution in [0.15, 0.2) is 53.5 Å². The van der Waals surface area contributed by atoms with E-state index in [1.807, 2.05) is 30.3 Å². The maximum absolute atomic E-state index is 9.16. The third-order valence-electron chi connectivity index (χ3n) is 3.85. The maximum atomic E-state index is 9.16. The first-order valence-electron chi connectivity index (χ1n) is 6.93. The second-order valence-corrected chi connectivity index (χ2v) is 5.11. The van der Waals surface area contributed by atoms with Gasteiger partial charge in [0, 0.05) is 11.3 Å². The average Bonchev–Trinajstić information content (AvgIpc) is 2.91. The largest absolute Gasteiger partial charge is 0.281 e. The zero-order valence-electron chi connectivity index (χ0n) is 11.5. The van der Waals surface area contributed by atoms with Crippen LogP contribution in [-0.4, -0.2) is 5.71 Å². The van der Waals surface area contributed by atoms with Gasteiger partial charge in [0.15, 0.2) is 0 Å². The van der Waals surface area contributed by atoms with Crippen molar-refractivity contribution in [2.45, 2.75) is 25.8 Å². The van der Waals surface area contributed by atoms with Gasteiger partial charge in [0.2, 0.25) is 0 Å². The van der Waals surface area contributed by atoms with Crippen molar-refractivity contribution in [3.8, 4) is 6.07 Å². The Balaban J connectivity index is 1.96. The minimum absolute atomic E-state index is 0.155. The van der Waals surface area contributed by atoms with E-state index in [-0.39, 0.29) is 6.04 Å². The Kier molecular flexibility index (Phi) is 3.35. The normalized spacial score (nSPS) is 16.7. The fourth-order valence-electron chi connectivity index (χ4n) is 2.78. The molecule has 0 fully saturated rings. The van der Waals surface area contributed by atoms with Crippen LogP contribution in [0, 0.1) is 11.3 Å². The molecule has 1 aliphatic carbocycles. The fraction of sp³-hybridized carbons (Fsp3) is 0.222. The first kappa shape index (κ1) is 12.6. The number of fused-ring (bicyclic) bond motifs is 1. The summed E-state index contributed by atoms with van der Waals surface area (Å²) in [6.45, 7) is 2.12. The van der Waals surface area contributed by atoms with E-state index in [2.05, 4.69) is 31.2 Å². The molecule has 0 N–H and O–H groups in total. The van der Waals surface area contributed by atoms with Crippen LogP contribution in [0.4, 0.5) is 0 Å². The molecule has 0 aliphatic heterocycles. The highest BCUT2D eigenvalue weighted by Gasteiger charge is 2.21. The minimum Gasteiger partial charge on any atom is -0.281 e. The summed E-state index contributed by atoms with van der Waals surface area (Å²) >= 11 is 0. The molecule has 1 aliphatic rings. The molecule has 0 amide bonds. The fourth-order valence-corrected chi connectivity index (χ4v) is 2.78. The van der Waals surface area contributed by atoms with E-state index in [9.17, 15) is 0 Å². The molecule has 0 spiro atoms. The first-order chi connectivity index (χ1) is 9.79. The monoisotopic (exact) mass is 260 g/mol. The Morgan fingerprint density at radius 3 is 2.60 bits per heavy atom. The van der Waals surface area contributed by atoms with Gasteiger partial charge in [-0.2, -0.15) is 5.26 Å². The highest BCUT2D eigenvalue weighted by molar-refractivity contribution is 6.05. The van der Waals surface area contributed by atoms with Crippen molar-refractivity contribution >= 4 is 5.71 Å². The van der Waals surface area contributed by atoms with Crippen LogP contribution in [-0.2, 0) is 6.42 Å². The quantitative estimate of drug-likeness (QED) is 0.802. The van der Waals surface area contributed by atoms with Crippen LogP contribution in [0.25, 0.3) is 0 Å². The third-order valence-corrected chi connectivity index (χ3v) is 3.85. The smallest absolute Gasteiger partial charge is 0.0994 e. The summed E-state index contributed by atoms with van der Waals surface area (Å²) in [4.78, 5) is 4.87. The van der Waals surface area contributed by atoms with Crippen molar-refractivity contribution in [1.29, 1.82) is 5.26 Å². The molecule has 2 heteroatoms. The van der Waals surface area contributed by atoms with Crippen molar-refractivity contribution in [3.05, 3.63) is 70.8 Å². The molecule has 2 aromatic rings. The van der Waals surface area contributed by atoms with Gasteiger partial charge in [0.05, 0.1) is 17.7 Å². The summed E-state index contributed by atoms with van der Waals surface area (Å²) in [6.07, 6.45) is 1.87. The van der Waals surface area contributed by atoms with Gasteiger partial charge in [-0.05, 0) is 37.0 Å². The van der Waals surface area contributed by atoms with Crippen LogP contribution in [0.2, 0.25) is 0 Å². The molecule has 0 heterocycles. The molecule has 0 radical (unpaired) electrons. The van der Waals surface area contributed by atoms with Crippen LogP contribution in [0.3, 0.4) is 0 Å². The second kappa shape index (κ2) is 5.30. The zero-order chi connectivity index (χ0) is 13.9. The molecule has 1 atom stereocenters. The molecule has 2 aromatic carbocycles. The van der Waals surface area contributed by atoms with Gasteiger partial charge in [-0.25, -0.2) is 0 Å². The SMILES string of the molecule is CC(/N=C1/CCc2c(C#N)cccc21)c1ccccc1. The summed E-state index contributed by atoms with van der Waals surface area (Å²) < 4.78 is 0. The van der Waals surface area contributed by atoms with Crippen LogP contribution >= 0.6 is 0 Å². The molecule has 2 nitrogen and oxygen atoms in total. The summed E-state index contributed by atoms with van der Waals surface area (Å²) in [7, 11) is 0. The Morgan fingerprint density at radius 2 is 1.85 bits per heavy atom. The molecule has 20 heavy (non-hydrogen) atoms. The van der Waals surface area contributed by atoms with Gasteiger partial charge < -0.3 is 0 Å². The predicted molar refractivity (Wildman–Crippen MR) is 80.9 cm³/mol. The topological polar surface area (TPSA) is 36.1 Å². The number of nitrogens with zero attached hydrogens (tertiary/aromatic N) is 2. The Bertz CT molecular complexity index is 693. The van der Waals surface area contributed by atoms with Gasteiger partial charge in [0.25, 0.3) is 0 Å². The van der Waals surface area contributed by atoms with Crippen LogP contribution in [0.5, 0.6) is 0 Å². The van der Waals surface area contributed by atoms with Crippen molar-refractivity contribution < 1.29 is 0 Å². The lowest BCUT2D eigenvalue weighted by Crippen LogP contribution is -1.99. The molecule has 0 saturated heterocycles. The zero-order valence-corrected chi connectivity index (χ0v) is 11.5. The Morgan fingerprint density at radius 1 is 1.05 bits per heavy atom. The van der Waals surface area contributed by atoms with E-state index in [1.54, 1.807) is 0 Å². The number of hydrogen-bond acceptors (Lipinski definition) is 2. The molecule has 0 aromatic heterocycles. The molecule has 0 bridgehead atoms. The number of rotatable bonds is 2. The number of hydrogen-bond donors (Lipinski definition) is 0. The Hall–Kier alpha value is -2.40. The van der Waals surface area contributed by atoms with Crippen LogP contribution in [0.1, 0.15) is 41.6 Å². The molecular formula is C18H16N2. The van der Waals surface area contributed by atoms with Gasteiger partial charge in [0.1, 0.15) is 0 Å². The van der Waals surface area contributed by atoms with E-state index in [0.29, 0.717) is 0 Å². The molecule has 98 valence electrons. The highest BCUT2D eigenvalue weighted by Crippen LogP contribution is 2.28. The van der Waals surface area contributed by atoms with Crippen molar-refractivity contribution in [2.24, 2.45) is 4.99 Å². The predicted octanol–water partition coefficient (Wildman–Crippen LogP) is 4.05. The van der Waals surface area contributed by atoms with E-state index >= 15 is 0 Å². The highest BCUT2D eigenvalue weighted by atomic mass is 14.8. The number of nitriles is 1. The summed E-state index contributed by atoms with van der Waals surface area (Å²) in [5.74, 6) is 0. The van der Waals surface area contributed by atoms with Crippen molar-refractivity contribution in [3.63, 3.8) is 0 Å². The standard InChI is InChI=1S/C18H16N2/c1-13(14-6-3-2-4-7-14)20-18-11-10-16-15(12-19)8-5-9-17(16)18/h2-9,13H,10-11H2,1H3/b20-18-. The van der Waals surface area contributed by atoms with Gasteiger partial charge in [-0.3, -0.25) is 4.99 Å². The molecule has 0 saturated carbocycles. The van der Waals surface area contributed by atoms with Crippen molar-refractivity contribution in [1.82, 2.24) is 0 Å². The molecule has 3 rings (SSSR count). The minimum atomic E-state index is 0.155. The first-order valence-corrected chi connectivity index (χ1v) is 6.93. The Labute approximate surface area is 119 Å². The number of benzene rings is 2. The average molecular weight is 260 g/mol. The lowest BCUT2D eigenvalue weighted by atomic mass is 10.0. The summed E-state index contributed by atoms with van der Waals surface area (Å²) in [6, 6.07) is 18.7. The van der Waals surface area contributed by atoms with E-state index in [0.717, 1.165) is 35.2 Å². The number of aliphatic imine (C=N–C) groups is 1. The van der Waals surface area contributed by atoms with Gasteiger partial charge >= 0.3 is 0 Å². The van der Waals surface area contributed by atoms with Gasteiger partial charge in [-0.1, -0.05) is 42.5 Å². The van der Waals surface area contributed by atoms with Crippen molar-refractivity contribution in [2.75, 3.05) is 0 Å². The lowest BCUT2D eigenvalue weighted by molar-refractivity contribution is 0.816. The lowest BCUT2D eigenvalue weighted by Gasteiger charge is -2.09. The molecular weight excluding hydrogens is 244 g/mol. The van der Waals surface area contributed by atoms with E-state index in [1.165, 1.54) is 5.56 Å². The third kappa shape index (κ3) is 2.23. The van der Waals surface area contributed by atoms with Crippen LogP contribution < -0.4 is 0 Å². The summed E-state index contributed by atoms with van der Waals surface area (Å²) in [5.41, 5.74) is 5.47. The second-order valence-electron chi connectivity index (χ2n) is 5.11. The molecule has 1 unspecified atom stereocenters. The summed E-state index contributed by atoms with van der Waals surface area (Å²) in [5, 5.41) is 9.16. The van der Waals surface area contributed by atoms with E-state index in [4.69, 9.17) is 10.3 Å². The van der Waals surface area contributed by atoms with E-state index < -0.39 is 0 Å².